The number of amides is 1. The number of carboxylic acid groups (broad SMARTS) is 1. The zero-order chi connectivity index (χ0) is 15.0. The number of anilines is 1. The van der Waals surface area contributed by atoms with Gasteiger partial charge in [0.1, 0.15) is 6.04 Å². The normalized spacial score (nSPS) is 18.9. The summed E-state index contributed by atoms with van der Waals surface area (Å²) < 4.78 is 0.835. The predicted molar refractivity (Wildman–Crippen MR) is 80.3 cm³/mol. The summed E-state index contributed by atoms with van der Waals surface area (Å²) in [6.07, 6.45) is 2.19. The van der Waals surface area contributed by atoms with Crippen molar-refractivity contribution in [3.05, 3.63) is 23.8 Å². The van der Waals surface area contributed by atoms with Gasteiger partial charge in [0.2, 0.25) is 0 Å². The molecule has 110 valence electrons. The van der Waals surface area contributed by atoms with E-state index in [1.54, 1.807) is 18.2 Å². The van der Waals surface area contributed by atoms with Crippen molar-refractivity contribution in [1.82, 2.24) is 9.88 Å². The van der Waals surface area contributed by atoms with E-state index in [-0.39, 0.29) is 5.91 Å². The third-order valence-electron chi connectivity index (χ3n) is 3.70. The van der Waals surface area contributed by atoms with Gasteiger partial charge in [0.15, 0.2) is 5.13 Å². The number of fused-ring (bicyclic) bond motifs is 1. The number of likely N-dealkylation sites (tertiary alicyclic amines) is 1. The van der Waals surface area contributed by atoms with Crippen LogP contribution in [0.1, 0.15) is 29.6 Å². The Balaban J connectivity index is 1.92. The molecule has 6 nitrogen and oxygen atoms in total. The van der Waals surface area contributed by atoms with Crippen molar-refractivity contribution in [2.45, 2.75) is 25.3 Å². The Bertz CT molecular complexity index is 713. The number of carboxylic acids is 1. The van der Waals surface area contributed by atoms with Crippen molar-refractivity contribution in [3.8, 4) is 0 Å². The molecule has 2 heterocycles. The Morgan fingerprint density at radius 2 is 2.19 bits per heavy atom. The highest BCUT2D eigenvalue weighted by atomic mass is 32.1. The predicted octanol–water partition coefficient (Wildman–Crippen LogP) is 1.96. The topological polar surface area (TPSA) is 96.5 Å². The standard InChI is InChI=1S/C14H15N3O3S/c15-14-16-9-5-4-8(7-11(9)21-14)12(18)17-6-2-1-3-10(17)13(19)20/h4-5,7,10H,1-3,6H2,(H2,15,16)(H,19,20)/t10-/m1/s1. The third kappa shape index (κ3) is 2.56. The molecule has 2 aromatic rings. The van der Waals surface area contributed by atoms with Gasteiger partial charge in [0.05, 0.1) is 10.2 Å². The number of benzene rings is 1. The van der Waals surface area contributed by atoms with Crippen molar-refractivity contribution in [3.63, 3.8) is 0 Å². The van der Waals surface area contributed by atoms with Gasteiger partial charge < -0.3 is 15.7 Å². The number of thiazole rings is 1. The molecular formula is C14H15N3O3S. The molecule has 1 aromatic carbocycles. The van der Waals surface area contributed by atoms with E-state index in [9.17, 15) is 14.7 Å². The van der Waals surface area contributed by atoms with Crippen molar-refractivity contribution < 1.29 is 14.7 Å². The Kier molecular flexibility index (Phi) is 3.50. The maximum Gasteiger partial charge on any atom is 0.326 e. The van der Waals surface area contributed by atoms with Gasteiger partial charge in [0.25, 0.3) is 5.91 Å². The summed E-state index contributed by atoms with van der Waals surface area (Å²) in [4.78, 5) is 29.5. The number of carbonyl (C=O) groups excluding carboxylic acids is 1. The number of piperidine rings is 1. The van der Waals surface area contributed by atoms with Crippen molar-refractivity contribution in [2.24, 2.45) is 0 Å². The number of nitrogens with zero attached hydrogens (tertiary/aromatic N) is 2. The van der Waals surface area contributed by atoms with Crippen LogP contribution < -0.4 is 5.73 Å². The van der Waals surface area contributed by atoms with Gasteiger partial charge >= 0.3 is 5.97 Å². The second kappa shape index (κ2) is 5.33. The highest BCUT2D eigenvalue weighted by Crippen LogP contribution is 2.26. The molecule has 1 aliphatic heterocycles. The first-order chi connectivity index (χ1) is 10.1. The van der Waals surface area contributed by atoms with Crippen molar-refractivity contribution >= 4 is 38.6 Å². The lowest BCUT2D eigenvalue weighted by Gasteiger charge is -2.33. The molecule has 0 unspecified atom stereocenters. The zero-order valence-electron chi connectivity index (χ0n) is 11.3. The molecular weight excluding hydrogens is 290 g/mol. The number of rotatable bonds is 2. The monoisotopic (exact) mass is 305 g/mol. The molecule has 0 radical (unpaired) electrons. The van der Waals surface area contributed by atoms with E-state index in [0.717, 1.165) is 23.1 Å². The summed E-state index contributed by atoms with van der Waals surface area (Å²) in [5.41, 5.74) is 6.89. The van der Waals surface area contributed by atoms with Crippen LogP contribution in [-0.2, 0) is 4.79 Å². The fourth-order valence-corrected chi connectivity index (χ4v) is 3.45. The van der Waals surface area contributed by atoms with E-state index in [0.29, 0.717) is 23.7 Å². The largest absolute Gasteiger partial charge is 0.480 e. The minimum absolute atomic E-state index is 0.240. The van der Waals surface area contributed by atoms with E-state index >= 15 is 0 Å². The number of aromatic nitrogens is 1. The summed E-state index contributed by atoms with van der Waals surface area (Å²) in [5.74, 6) is -1.18. The highest BCUT2D eigenvalue weighted by Gasteiger charge is 2.32. The van der Waals surface area contributed by atoms with E-state index in [4.69, 9.17) is 5.73 Å². The molecule has 1 saturated heterocycles. The van der Waals surface area contributed by atoms with E-state index in [2.05, 4.69) is 4.98 Å². The quantitative estimate of drug-likeness (QED) is 0.884. The van der Waals surface area contributed by atoms with Crippen LogP contribution in [0.2, 0.25) is 0 Å². The lowest BCUT2D eigenvalue weighted by Crippen LogP contribution is -2.47. The molecule has 0 aliphatic carbocycles. The molecule has 1 fully saturated rings. The first-order valence-electron chi connectivity index (χ1n) is 6.76. The maximum atomic E-state index is 12.6. The third-order valence-corrected chi connectivity index (χ3v) is 4.55. The lowest BCUT2D eigenvalue weighted by molar-refractivity contribution is -0.143. The number of hydrogen-bond donors (Lipinski definition) is 2. The average Bonchev–Trinajstić information content (AvgIpc) is 2.85. The highest BCUT2D eigenvalue weighted by molar-refractivity contribution is 7.22. The first kappa shape index (κ1) is 13.8. The van der Waals surface area contributed by atoms with Gasteiger partial charge in [-0.25, -0.2) is 9.78 Å². The summed E-state index contributed by atoms with van der Waals surface area (Å²) in [7, 11) is 0. The SMILES string of the molecule is Nc1nc2ccc(C(=O)N3CCCC[C@@H]3C(=O)O)cc2s1. The van der Waals surface area contributed by atoms with Crippen LogP contribution in [0.15, 0.2) is 18.2 Å². The van der Waals surface area contributed by atoms with Gasteiger partial charge in [-0.3, -0.25) is 4.79 Å². The Morgan fingerprint density at radius 1 is 1.38 bits per heavy atom. The Morgan fingerprint density at radius 3 is 2.95 bits per heavy atom. The average molecular weight is 305 g/mol. The summed E-state index contributed by atoms with van der Waals surface area (Å²) in [6.45, 7) is 0.485. The van der Waals surface area contributed by atoms with Crippen LogP contribution in [-0.4, -0.2) is 39.5 Å². The van der Waals surface area contributed by atoms with Crippen LogP contribution in [0.4, 0.5) is 5.13 Å². The maximum absolute atomic E-state index is 12.6. The molecule has 0 spiro atoms. The zero-order valence-corrected chi connectivity index (χ0v) is 12.1. The van der Waals surface area contributed by atoms with E-state index in [1.807, 2.05) is 0 Å². The molecule has 7 heteroatoms. The number of carbonyl (C=O) groups is 2. The Hall–Kier alpha value is -2.15. The molecule has 0 bridgehead atoms. The summed E-state index contributed by atoms with van der Waals surface area (Å²) in [6, 6.07) is 4.43. The smallest absolute Gasteiger partial charge is 0.326 e. The summed E-state index contributed by atoms with van der Waals surface area (Å²) >= 11 is 1.32. The van der Waals surface area contributed by atoms with Crippen LogP contribution in [0.3, 0.4) is 0 Å². The minimum atomic E-state index is -0.939. The van der Waals surface area contributed by atoms with Crippen molar-refractivity contribution in [2.75, 3.05) is 12.3 Å². The first-order valence-corrected chi connectivity index (χ1v) is 7.58. The number of aliphatic carboxylic acids is 1. The van der Waals surface area contributed by atoms with Gasteiger partial charge in [-0.2, -0.15) is 0 Å². The molecule has 3 rings (SSSR count). The van der Waals surface area contributed by atoms with E-state index < -0.39 is 12.0 Å². The van der Waals surface area contributed by atoms with E-state index in [1.165, 1.54) is 16.2 Å². The van der Waals surface area contributed by atoms with Gasteiger partial charge in [-0.05, 0) is 37.5 Å². The molecule has 1 aliphatic rings. The van der Waals surface area contributed by atoms with Crippen LogP contribution in [0.25, 0.3) is 10.2 Å². The number of nitrogen functional groups attached to an aromatic ring is 1. The minimum Gasteiger partial charge on any atom is -0.480 e. The fourth-order valence-electron chi connectivity index (χ4n) is 2.67. The molecule has 1 aromatic heterocycles. The Labute approximate surface area is 125 Å². The lowest BCUT2D eigenvalue weighted by atomic mass is 10.0. The summed E-state index contributed by atoms with van der Waals surface area (Å²) in [5, 5.41) is 9.72. The van der Waals surface area contributed by atoms with Crippen LogP contribution in [0.5, 0.6) is 0 Å². The fraction of sp³-hybridized carbons (Fsp3) is 0.357. The molecule has 1 atom stereocenters. The van der Waals surface area contributed by atoms with Crippen LogP contribution in [0, 0.1) is 0 Å². The number of hydrogen-bond acceptors (Lipinski definition) is 5. The molecule has 21 heavy (non-hydrogen) atoms. The van der Waals surface area contributed by atoms with Gasteiger partial charge in [-0.1, -0.05) is 11.3 Å². The number of nitrogens with two attached hydrogens (primary N) is 1. The molecule has 0 saturated carbocycles. The molecule has 1 amide bonds. The van der Waals surface area contributed by atoms with Crippen molar-refractivity contribution in [1.29, 1.82) is 0 Å². The van der Waals surface area contributed by atoms with Crippen LogP contribution >= 0.6 is 11.3 Å². The second-order valence-electron chi connectivity index (χ2n) is 5.08. The van der Waals surface area contributed by atoms with Gasteiger partial charge in [0, 0.05) is 12.1 Å². The molecule has 3 N–H and O–H groups in total. The second-order valence-corrected chi connectivity index (χ2v) is 6.15. The van der Waals surface area contributed by atoms with Gasteiger partial charge in [-0.15, -0.1) is 0 Å².